The highest BCUT2D eigenvalue weighted by Gasteiger charge is 2.20. The van der Waals surface area contributed by atoms with E-state index in [4.69, 9.17) is 9.47 Å². The van der Waals surface area contributed by atoms with Crippen molar-refractivity contribution in [3.05, 3.63) is 71.4 Å². The van der Waals surface area contributed by atoms with Gasteiger partial charge in [-0.15, -0.1) is 0 Å². The zero-order chi connectivity index (χ0) is 24.0. The molecule has 0 radical (unpaired) electrons. The van der Waals surface area contributed by atoms with E-state index in [-0.39, 0.29) is 18.3 Å². The van der Waals surface area contributed by atoms with Crippen LogP contribution >= 0.6 is 0 Å². The van der Waals surface area contributed by atoms with Crippen LogP contribution in [0.4, 0.5) is 5.69 Å². The Morgan fingerprint density at radius 1 is 1.03 bits per heavy atom. The Balaban J connectivity index is 1.81. The van der Waals surface area contributed by atoms with Gasteiger partial charge in [0.1, 0.15) is 5.75 Å². The zero-order valence-electron chi connectivity index (χ0n) is 20.0. The van der Waals surface area contributed by atoms with E-state index in [0.717, 1.165) is 28.4 Å². The number of hydrogen-bond acceptors (Lipinski definition) is 4. The summed E-state index contributed by atoms with van der Waals surface area (Å²) in [5.74, 6) is 0.746. The van der Waals surface area contributed by atoms with Crippen LogP contribution in [0.1, 0.15) is 54.7 Å². The highest BCUT2D eigenvalue weighted by molar-refractivity contribution is 5.93. The summed E-state index contributed by atoms with van der Waals surface area (Å²) >= 11 is 0. The van der Waals surface area contributed by atoms with Crippen molar-refractivity contribution in [3.8, 4) is 17.0 Å². The summed E-state index contributed by atoms with van der Waals surface area (Å²) in [4.78, 5) is 25.1. The fraction of sp³-hybridized carbons (Fsp3) is 0.333. The van der Waals surface area contributed by atoms with Crippen molar-refractivity contribution in [3.63, 3.8) is 0 Å². The molecule has 1 amide bonds. The molecule has 0 saturated heterocycles. The van der Waals surface area contributed by atoms with Crippen molar-refractivity contribution in [1.29, 1.82) is 0 Å². The van der Waals surface area contributed by atoms with Crippen molar-refractivity contribution in [1.82, 2.24) is 4.57 Å². The Hall–Kier alpha value is -3.54. The largest absolute Gasteiger partial charge is 0.497 e. The molecule has 0 aliphatic rings. The number of carbonyl (C=O) groups excluding carboxylic acids is 2. The van der Waals surface area contributed by atoms with Crippen molar-refractivity contribution >= 4 is 17.6 Å². The van der Waals surface area contributed by atoms with E-state index in [1.54, 1.807) is 14.0 Å². The second kappa shape index (κ2) is 10.9. The van der Waals surface area contributed by atoms with Crippen LogP contribution in [-0.4, -0.2) is 30.2 Å². The Labute approximate surface area is 195 Å². The maximum atomic E-state index is 12.7. The number of benzene rings is 2. The molecular weight excluding hydrogens is 416 g/mol. The summed E-state index contributed by atoms with van der Waals surface area (Å²) in [6, 6.07) is 17.4. The van der Waals surface area contributed by atoms with Gasteiger partial charge >= 0.3 is 5.97 Å². The molecule has 33 heavy (non-hydrogen) atoms. The Morgan fingerprint density at radius 3 is 2.27 bits per heavy atom. The Morgan fingerprint density at radius 2 is 1.70 bits per heavy atom. The average Bonchev–Trinajstić information content (AvgIpc) is 3.14. The molecule has 0 atom stereocenters. The van der Waals surface area contributed by atoms with Gasteiger partial charge in [-0.3, -0.25) is 4.79 Å². The van der Waals surface area contributed by atoms with Crippen LogP contribution in [-0.2, 0) is 16.1 Å². The highest BCUT2D eigenvalue weighted by Crippen LogP contribution is 2.28. The van der Waals surface area contributed by atoms with Crippen molar-refractivity contribution in [2.24, 2.45) is 0 Å². The third-order valence-electron chi connectivity index (χ3n) is 5.67. The zero-order valence-corrected chi connectivity index (χ0v) is 20.0. The van der Waals surface area contributed by atoms with E-state index < -0.39 is 0 Å². The first kappa shape index (κ1) is 24.1. The lowest BCUT2D eigenvalue weighted by atomic mass is 10.0. The van der Waals surface area contributed by atoms with Crippen LogP contribution in [0.2, 0.25) is 0 Å². The second-order valence-electron chi connectivity index (χ2n) is 8.20. The minimum atomic E-state index is -0.363. The number of anilines is 1. The summed E-state index contributed by atoms with van der Waals surface area (Å²) in [5.41, 5.74) is 5.06. The Kier molecular flexibility index (Phi) is 7.93. The van der Waals surface area contributed by atoms with Crippen molar-refractivity contribution in [2.45, 2.75) is 46.6 Å². The molecule has 0 bridgehead atoms. The number of rotatable bonds is 9. The predicted octanol–water partition coefficient (Wildman–Crippen LogP) is 5.80. The summed E-state index contributed by atoms with van der Waals surface area (Å²) in [6.07, 6.45) is 0.271. The standard InChI is InChI=1S/C27H32N2O4/c1-6-33-27(31)24-17-25(21-9-13-23(32-5)14-10-21)29(19(24)4)16-15-26(30)28-22-11-7-20(8-12-22)18(2)3/h7-14,17-18H,6,15-16H2,1-5H3,(H,28,30). The van der Waals surface area contributed by atoms with Gasteiger partial charge in [-0.2, -0.15) is 0 Å². The van der Waals surface area contributed by atoms with Gasteiger partial charge in [0.25, 0.3) is 0 Å². The second-order valence-corrected chi connectivity index (χ2v) is 8.20. The van der Waals surface area contributed by atoms with E-state index in [1.807, 2.05) is 66.1 Å². The van der Waals surface area contributed by atoms with E-state index >= 15 is 0 Å². The average molecular weight is 449 g/mol. The fourth-order valence-electron chi connectivity index (χ4n) is 3.74. The highest BCUT2D eigenvalue weighted by atomic mass is 16.5. The maximum Gasteiger partial charge on any atom is 0.339 e. The SMILES string of the molecule is CCOC(=O)c1cc(-c2ccc(OC)cc2)n(CCC(=O)Nc2ccc(C(C)C)cc2)c1C. The molecular formula is C27H32N2O4. The molecule has 1 aromatic heterocycles. The molecule has 0 unspecified atom stereocenters. The normalized spacial score (nSPS) is 10.8. The van der Waals surface area contributed by atoms with Gasteiger partial charge in [0.15, 0.2) is 0 Å². The first-order valence-corrected chi connectivity index (χ1v) is 11.3. The number of hydrogen-bond donors (Lipinski definition) is 1. The van der Waals surface area contributed by atoms with Gasteiger partial charge in [0.05, 0.1) is 19.3 Å². The minimum Gasteiger partial charge on any atom is -0.497 e. The number of esters is 1. The van der Waals surface area contributed by atoms with Gasteiger partial charge in [-0.25, -0.2) is 4.79 Å². The van der Waals surface area contributed by atoms with E-state index in [0.29, 0.717) is 24.6 Å². The Bertz CT molecular complexity index is 1100. The minimum absolute atomic E-state index is 0.0845. The molecule has 174 valence electrons. The van der Waals surface area contributed by atoms with Crippen LogP contribution in [0.25, 0.3) is 11.3 Å². The topological polar surface area (TPSA) is 69.6 Å². The predicted molar refractivity (Wildman–Crippen MR) is 131 cm³/mol. The van der Waals surface area contributed by atoms with Crippen molar-refractivity contribution in [2.75, 3.05) is 19.0 Å². The molecule has 1 heterocycles. The molecule has 3 rings (SSSR count). The molecule has 1 N–H and O–H groups in total. The molecule has 2 aromatic carbocycles. The fourth-order valence-corrected chi connectivity index (χ4v) is 3.74. The number of carbonyl (C=O) groups is 2. The monoisotopic (exact) mass is 448 g/mol. The number of nitrogens with one attached hydrogen (secondary N) is 1. The number of amides is 1. The van der Waals surface area contributed by atoms with Gasteiger partial charge in [0.2, 0.25) is 5.91 Å². The quantitative estimate of drug-likeness (QED) is 0.420. The number of ether oxygens (including phenoxy) is 2. The summed E-state index contributed by atoms with van der Waals surface area (Å²) in [6.45, 7) is 8.67. The first-order chi connectivity index (χ1) is 15.8. The molecule has 0 fully saturated rings. The van der Waals surface area contributed by atoms with Gasteiger partial charge in [0, 0.05) is 30.0 Å². The molecule has 6 heteroatoms. The van der Waals surface area contributed by atoms with E-state index in [9.17, 15) is 9.59 Å². The lowest BCUT2D eigenvalue weighted by Gasteiger charge is -2.13. The van der Waals surface area contributed by atoms with Crippen molar-refractivity contribution < 1.29 is 19.1 Å². The first-order valence-electron chi connectivity index (χ1n) is 11.3. The smallest absolute Gasteiger partial charge is 0.339 e. The van der Waals surface area contributed by atoms with Crippen LogP contribution in [0.15, 0.2) is 54.6 Å². The number of methoxy groups -OCH3 is 1. The molecule has 6 nitrogen and oxygen atoms in total. The third-order valence-corrected chi connectivity index (χ3v) is 5.67. The summed E-state index contributed by atoms with van der Waals surface area (Å²) in [5, 5.41) is 2.96. The van der Waals surface area contributed by atoms with Gasteiger partial charge in [-0.1, -0.05) is 26.0 Å². The molecule has 0 aliphatic carbocycles. The molecule has 0 saturated carbocycles. The van der Waals surface area contributed by atoms with Crippen LogP contribution in [0.3, 0.4) is 0 Å². The van der Waals surface area contributed by atoms with E-state index in [1.165, 1.54) is 5.56 Å². The van der Waals surface area contributed by atoms with Gasteiger partial charge < -0.3 is 19.4 Å². The molecule has 3 aromatic rings. The lowest BCUT2D eigenvalue weighted by molar-refractivity contribution is -0.116. The van der Waals surface area contributed by atoms with Gasteiger partial charge in [-0.05, 0) is 73.4 Å². The molecule has 0 spiro atoms. The summed E-state index contributed by atoms with van der Waals surface area (Å²) in [7, 11) is 1.62. The third kappa shape index (κ3) is 5.83. The molecule has 0 aliphatic heterocycles. The summed E-state index contributed by atoms with van der Waals surface area (Å²) < 4.78 is 12.5. The van der Waals surface area contributed by atoms with E-state index in [2.05, 4.69) is 19.2 Å². The van der Waals surface area contributed by atoms with Crippen LogP contribution in [0, 0.1) is 6.92 Å². The van der Waals surface area contributed by atoms with Crippen LogP contribution < -0.4 is 10.1 Å². The van der Waals surface area contributed by atoms with Crippen LogP contribution in [0.5, 0.6) is 5.75 Å². The number of nitrogens with zero attached hydrogens (tertiary/aromatic N) is 1. The maximum absolute atomic E-state index is 12.7. The lowest BCUT2D eigenvalue weighted by Crippen LogP contribution is -2.16. The number of aromatic nitrogens is 1.